The van der Waals surface area contributed by atoms with Crippen molar-refractivity contribution >= 4 is 23.2 Å². The van der Waals surface area contributed by atoms with Gasteiger partial charge in [-0.3, -0.25) is 4.79 Å². The molecule has 1 aromatic heterocycles. The minimum Gasteiger partial charge on any atom is -0.479 e. The first-order chi connectivity index (χ1) is 9.49. The Bertz CT molecular complexity index is 640. The average Bonchev–Trinajstić information content (AvgIpc) is 2.92. The summed E-state index contributed by atoms with van der Waals surface area (Å²) < 4.78 is 13.4. The maximum absolute atomic E-state index is 13.4. The smallest absolute Gasteiger partial charge is 0.331 e. The van der Waals surface area contributed by atoms with E-state index in [0.717, 1.165) is 6.07 Å². The first-order valence-electron chi connectivity index (χ1n) is 5.82. The third kappa shape index (κ3) is 3.03. The largest absolute Gasteiger partial charge is 0.479 e. The van der Waals surface area contributed by atoms with Crippen molar-refractivity contribution in [2.75, 3.05) is 0 Å². The summed E-state index contributed by atoms with van der Waals surface area (Å²) in [6, 6.07) is 6.23. The topological polar surface area (TPSA) is 66.4 Å². The molecule has 20 heavy (non-hydrogen) atoms. The Labute approximate surface area is 118 Å². The molecular weight excluding hydrogens is 281 g/mol. The van der Waals surface area contributed by atoms with Crippen LogP contribution in [-0.4, -0.2) is 17.0 Å². The van der Waals surface area contributed by atoms with E-state index in [9.17, 15) is 14.0 Å². The highest BCUT2D eigenvalue weighted by molar-refractivity contribution is 7.10. The van der Waals surface area contributed by atoms with Gasteiger partial charge in [-0.05, 0) is 36.1 Å². The van der Waals surface area contributed by atoms with E-state index in [1.54, 1.807) is 24.4 Å². The second-order valence-corrected chi connectivity index (χ2v) is 5.20. The monoisotopic (exact) mass is 293 g/mol. The normalized spacial score (nSPS) is 11.9. The van der Waals surface area contributed by atoms with Crippen LogP contribution in [0.3, 0.4) is 0 Å². The van der Waals surface area contributed by atoms with Crippen molar-refractivity contribution in [2.45, 2.75) is 13.0 Å². The lowest BCUT2D eigenvalue weighted by Crippen LogP contribution is -2.33. The first-order valence-corrected chi connectivity index (χ1v) is 6.70. The summed E-state index contributed by atoms with van der Waals surface area (Å²) in [7, 11) is 0. The predicted molar refractivity (Wildman–Crippen MR) is 73.3 cm³/mol. The van der Waals surface area contributed by atoms with Crippen molar-refractivity contribution in [2.24, 2.45) is 0 Å². The summed E-state index contributed by atoms with van der Waals surface area (Å²) in [5.74, 6) is -2.28. The standard InChI is InChI=1S/C14H12FNO3S/c1-8-4-5-9(7-10(8)15)13(17)16-12(14(18)19)11-3-2-6-20-11/h2-7,12H,1H3,(H,16,17)(H,18,19). The molecule has 1 unspecified atom stereocenters. The molecule has 6 heteroatoms. The van der Waals surface area contributed by atoms with Crippen molar-refractivity contribution in [1.29, 1.82) is 0 Å². The van der Waals surface area contributed by atoms with Gasteiger partial charge in [0, 0.05) is 10.4 Å². The maximum atomic E-state index is 13.4. The van der Waals surface area contributed by atoms with Crippen molar-refractivity contribution in [1.82, 2.24) is 5.32 Å². The molecular formula is C14H12FNO3S. The summed E-state index contributed by atoms with van der Waals surface area (Å²) in [5.41, 5.74) is 0.519. The van der Waals surface area contributed by atoms with E-state index >= 15 is 0 Å². The van der Waals surface area contributed by atoms with E-state index in [0.29, 0.717) is 10.4 Å². The molecule has 104 valence electrons. The number of nitrogens with one attached hydrogen (secondary N) is 1. The van der Waals surface area contributed by atoms with Gasteiger partial charge in [-0.2, -0.15) is 0 Å². The molecule has 0 aliphatic heterocycles. The fourth-order valence-electron chi connectivity index (χ4n) is 1.66. The summed E-state index contributed by atoms with van der Waals surface area (Å²) in [4.78, 5) is 23.7. The molecule has 0 aliphatic rings. The van der Waals surface area contributed by atoms with E-state index in [4.69, 9.17) is 5.11 Å². The van der Waals surface area contributed by atoms with Crippen molar-refractivity contribution in [3.05, 3.63) is 57.5 Å². The van der Waals surface area contributed by atoms with Gasteiger partial charge in [-0.1, -0.05) is 12.1 Å². The maximum Gasteiger partial charge on any atom is 0.331 e. The van der Waals surface area contributed by atoms with E-state index in [-0.39, 0.29) is 5.56 Å². The molecule has 0 saturated carbocycles. The molecule has 2 aromatic rings. The Balaban J connectivity index is 2.20. The lowest BCUT2D eigenvalue weighted by atomic mass is 10.1. The van der Waals surface area contributed by atoms with Crippen LogP contribution in [0.5, 0.6) is 0 Å². The van der Waals surface area contributed by atoms with Crippen LogP contribution < -0.4 is 5.32 Å². The minimum absolute atomic E-state index is 0.0934. The van der Waals surface area contributed by atoms with Crippen molar-refractivity contribution in [3.63, 3.8) is 0 Å². The van der Waals surface area contributed by atoms with Gasteiger partial charge in [0.25, 0.3) is 5.91 Å². The Morgan fingerprint density at radius 1 is 1.35 bits per heavy atom. The van der Waals surface area contributed by atoms with Crippen LogP contribution in [0.25, 0.3) is 0 Å². The number of amides is 1. The molecule has 0 aliphatic carbocycles. The van der Waals surface area contributed by atoms with Gasteiger partial charge in [0.15, 0.2) is 6.04 Å². The summed E-state index contributed by atoms with van der Waals surface area (Å²) in [6.45, 7) is 1.59. The van der Waals surface area contributed by atoms with Gasteiger partial charge >= 0.3 is 5.97 Å². The minimum atomic E-state index is -1.16. The van der Waals surface area contributed by atoms with Crippen LogP contribution >= 0.6 is 11.3 Å². The number of benzene rings is 1. The Morgan fingerprint density at radius 2 is 2.10 bits per heavy atom. The zero-order chi connectivity index (χ0) is 14.7. The van der Waals surface area contributed by atoms with Crippen LogP contribution in [0.15, 0.2) is 35.7 Å². The van der Waals surface area contributed by atoms with Crippen LogP contribution in [-0.2, 0) is 4.79 Å². The molecule has 1 atom stereocenters. The number of rotatable bonds is 4. The number of aliphatic carboxylic acids is 1. The number of halogens is 1. The van der Waals surface area contributed by atoms with Crippen molar-refractivity contribution < 1.29 is 19.1 Å². The second kappa shape index (κ2) is 5.83. The van der Waals surface area contributed by atoms with Crippen molar-refractivity contribution in [3.8, 4) is 0 Å². The lowest BCUT2D eigenvalue weighted by Gasteiger charge is -2.13. The molecule has 2 N–H and O–H groups in total. The highest BCUT2D eigenvalue weighted by atomic mass is 32.1. The molecule has 0 bridgehead atoms. The van der Waals surface area contributed by atoms with Gasteiger partial charge < -0.3 is 10.4 Å². The summed E-state index contributed by atoms with van der Waals surface area (Å²) in [5, 5.41) is 13.3. The summed E-state index contributed by atoms with van der Waals surface area (Å²) in [6.07, 6.45) is 0. The predicted octanol–water partition coefficient (Wildman–Crippen LogP) is 2.75. The van der Waals surface area contributed by atoms with E-state index in [1.807, 2.05) is 0 Å². The van der Waals surface area contributed by atoms with E-state index in [1.165, 1.54) is 23.5 Å². The first kappa shape index (κ1) is 14.2. The molecule has 2 rings (SSSR count). The number of hydrogen-bond donors (Lipinski definition) is 2. The van der Waals surface area contributed by atoms with Gasteiger partial charge in [0.05, 0.1) is 0 Å². The molecule has 1 amide bonds. The Morgan fingerprint density at radius 3 is 2.65 bits per heavy atom. The van der Waals surface area contributed by atoms with Gasteiger partial charge in [0.1, 0.15) is 5.82 Å². The van der Waals surface area contributed by atoms with Crippen LogP contribution in [0.1, 0.15) is 26.8 Å². The van der Waals surface area contributed by atoms with Crippen LogP contribution in [0, 0.1) is 12.7 Å². The fraction of sp³-hybridized carbons (Fsp3) is 0.143. The molecule has 0 fully saturated rings. The SMILES string of the molecule is Cc1ccc(C(=O)NC(C(=O)O)c2cccs2)cc1F. The molecule has 1 aromatic carbocycles. The lowest BCUT2D eigenvalue weighted by molar-refractivity contribution is -0.139. The third-order valence-corrected chi connectivity index (χ3v) is 3.72. The molecule has 4 nitrogen and oxygen atoms in total. The molecule has 1 heterocycles. The molecule has 0 spiro atoms. The zero-order valence-electron chi connectivity index (χ0n) is 10.6. The summed E-state index contributed by atoms with van der Waals surface area (Å²) >= 11 is 1.23. The van der Waals surface area contributed by atoms with Crippen LogP contribution in [0.2, 0.25) is 0 Å². The molecule has 0 radical (unpaired) electrons. The Kier molecular flexibility index (Phi) is 4.14. The number of carbonyl (C=O) groups is 2. The van der Waals surface area contributed by atoms with Crippen LogP contribution in [0.4, 0.5) is 4.39 Å². The Hall–Kier alpha value is -2.21. The number of carboxylic acid groups (broad SMARTS) is 1. The average molecular weight is 293 g/mol. The van der Waals surface area contributed by atoms with Gasteiger partial charge in [-0.15, -0.1) is 11.3 Å². The quantitative estimate of drug-likeness (QED) is 0.911. The highest BCUT2D eigenvalue weighted by Gasteiger charge is 2.23. The highest BCUT2D eigenvalue weighted by Crippen LogP contribution is 2.20. The number of carbonyl (C=O) groups excluding carboxylic acids is 1. The molecule has 0 saturated heterocycles. The number of hydrogen-bond acceptors (Lipinski definition) is 3. The van der Waals surface area contributed by atoms with E-state index < -0.39 is 23.7 Å². The zero-order valence-corrected chi connectivity index (χ0v) is 11.4. The number of carboxylic acids is 1. The number of thiophene rings is 1. The van der Waals surface area contributed by atoms with Gasteiger partial charge in [-0.25, -0.2) is 9.18 Å². The third-order valence-electron chi connectivity index (χ3n) is 2.78. The fourth-order valence-corrected chi connectivity index (χ4v) is 2.43. The van der Waals surface area contributed by atoms with E-state index in [2.05, 4.69) is 5.32 Å². The number of aryl methyl sites for hydroxylation is 1. The second-order valence-electron chi connectivity index (χ2n) is 4.22. The van der Waals surface area contributed by atoms with Gasteiger partial charge in [0.2, 0.25) is 0 Å².